The van der Waals surface area contributed by atoms with Crippen LogP contribution in [0.4, 0.5) is 5.69 Å². The third-order valence-corrected chi connectivity index (χ3v) is 4.15. The first-order chi connectivity index (χ1) is 10.8. The SMILES string of the molecule is CCN(C(=O)C(=O)c1c(C)nn(C)c1C)c1cc(C)ccc1C. The Bertz CT molecular complexity index is 775. The Kier molecular flexibility index (Phi) is 4.68. The van der Waals surface area contributed by atoms with Crippen molar-refractivity contribution in [2.24, 2.45) is 7.05 Å². The number of carbonyl (C=O) groups excluding carboxylic acids is 2. The first-order valence-electron chi connectivity index (χ1n) is 7.71. The van der Waals surface area contributed by atoms with Gasteiger partial charge in [-0.05, 0) is 51.8 Å². The van der Waals surface area contributed by atoms with Crippen LogP contribution in [-0.4, -0.2) is 28.0 Å². The minimum atomic E-state index is -0.514. The second-order valence-corrected chi connectivity index (χ2v) is 5.84. The topological polar surface area (TPSA) is 55.2 Å². The fourth-order valence-electron chi connectivity index (χ4n) is 2.77. The number of benzene rings is 1. The van der Waals surface area contributed by atoms with E-state index in [1.807, 2.05) is 39.0 Å². The van der Waals surface area contributed by atoms with Crippen molar-refractivity contribution in [2.45, 2.75) is 34.6 Å². The third-order valence-electron chi connectivity index (χ3n) is 4.15. The molecule has 0 radical (unpaired) electrons. The van der Waals surface area contributed by atoms with Gasteiger partial charge in [-0.15, -0.1) is 0 Å². The lowest BCUT2D eigenvalue weighted by atomic mass is 10.1. The molecule has 1 aromatic carbocycles. The van der Waals surface area contributed by atoms with Crippen LogP contribution in [0.2, 0.25) is 0 Å². The molecule has 23 heavy (non-hydrogen) atoms. The highest BCUT2D eigenvalue weighted by Crippen LogP contribution is 2.23. The van der Waals surface area contributed by atoms with Gasteiger partial charge < -0.3 is 4.90 Å². The van der Waals surface area contributed by atoms with Gasteiger partial charge in [0, 0.05) is 25.0 Å². The zero-order chi connectivity index (χ0) is 17.3. The molecule has 1 heterocycles. The largest absolute Gasteiger partial charge is 0.306 e. The van der Waals surface area contributed by atoms with Crippen molar-refractivity contribution < 1.29 is 9.59 Å². The van der Waals surface area contributed by atoms with E-state index in [2.05, 4.69) is 5.10 Å². The molecule has 0 unspecified atom stereocenters. The molecule has 1 aromatic heterocycles. The molecule has 2 rings (SSSR count). The number of rotatable bonds is 4. The average molecular weight is 313 g/mol. The smallest absolute Gasteiger partial charge is 0.299 e. The van der Waals surface area contributed by atoms with E-state index in [1.165, 1.54) is 4.90 Å². The van der Waals surface area contributed by atoms with Gasteiger partial charge in [0.1, 0.15) is 0 Å². The van der Waals surface area contributed by atoms with Crippen LogP contribution in [0.15, 0.2) is 18.2 Å². The number of aryl methyl sites for hydroxylation is 4. The van der Waals surface area contributed by atoms with Crippen molar-refractivity contribution >= 4 is 17.4 Å². The molecule has 0 atom stereocenters. The van der Waals surface area contributed by atoms with Crippen LogP contribution < -0.4 is 4.90 Å². The summed E-state index contributed by atoms with van der Waals surface area (Å²) in [6, 6.07) is 5.90. The lowest BCUT2D eigenvalue weighted by Gasteiger charge is -2.22. The minimum Gasteiger partial charge on any atom is -0.306 e. The van der Waals surface area contributed by atoms with Crippen LogP contribution in [0.3, 0.4) is 0 Å². The molecule has 1 amide bonds. The predicted octanol–water partition coefficient (Wildman–Crippen LogP) is 2.89. The molecule has 0 aliphatic carbocycles. The Labute approximate surface area is 136 Å². The van der Waals surface area contributed by atoms with Gasteiger partial charge in [-0.2, -0.15) is 5.10 Å². The normalized spacial score (nSPS) is 10.7. The van der Waals surface area contributed by atoms with Gasteiger partial charge >= 0.3 is 0 Å². The number of carbonyl (C=O) groups is 2. The van der Waals surface area contributed by atoms with Crippen LogP contribution in [0.1, 0.15) is 39.8 Å². The second kappa shape index (κ2) is 6.36. The molecule has 2 aromatic rings. The summed E-state index contributed by atoms with van der Waals surface area (Å²) in [7, 11) is 1.77. The summed E-state index contributed by atoms with van der Waals surface area (Å²) >= 11 is 0. The van der Waals surface area contributed by atoms with Crippen LogP contribution in [-0.2, 0) is 11.8 Å². The monoisotopic (exact) mass is 313 g/mol. The molecular formula is C18H23N3O2. The van der Waals surface area contributed by atoms with Gasteiger partial charge in [0.2, 0.25) is 0 Å². The second-order valence-electron chi connectivity index (χ2n) is 5.84. The van der Waals surface area contributed by atoms with E-state index in [-0.39, 0.29) is 0 Å². The van der Waals surface area contributed by atoms with E-state index in [0.717, 1.165) is 16.8 Å². The predicted molar refractivity (Wildman–Crippen MR) is 91.0 cm³/mol. The van der Waals surface area contributed by atoms with Crippen molar-refractivity contribution in [3.05, 3.63) is 46.3 Å². The molecule has 0 spiro atoms. The molecule has 0 saturated heterocycles. The number of hydrogen-bond acceptors (Lipinski definition) is 3. The molecule has 5 nitrogen and oxygen atoms in total. The van der Waals surface area contributed by atoms with Gasteiger partial charge in [-0.1, -0.05) is 12.1 Å². The van der Waals surface area contributed by atoms with Crippen molar-refractivity contribution in [1.29, 1.82) is 0 Å². The summed E-state index contributed by atoms with van der Waals surface area (Å²) in [5, 5.41) is 4.23. The van der Waals surface area contributed by atoms with Crippen LogP contribution >= 0.6 is 0 Å². The third kappa shape index (κ3) is 3.04. The maximum atomic E-state index is 12.8. The molecular weight excluding hydrogens is 290 g/mol. The summed E-state index contributed by atoms with van der Waals surface area (Å²) in [6.07, 6.45) is 0. The average Bonchev–Trinajstić information content (AvgIpc) is 2.75. The zero-order valence-corrected chi connectivity index (χ0v) is 14.6. The first-order valence-corrected chi connectivity index (χ1v) is 7.71. The van der Waals surface area contributed by atoms with Gasteiger partial charge in [0.25, 0.3) is 11.7 Å². The maximum absolute atomic E-state index is 12.8. The van der Waals surface area contributed by atoms with Gasteiger partial charge in [0.15, 0.2) is 0 Å². The maximum Gasteiger partial charge on any atom is 0.299 e. The van der Waals surface area contributed by atoms with Gasteiger partial charge in [-0.25, -0.2) is 0 Å². The number of aromatic nitrogens is 2. The van der Waals surface area contributed by atoms with Gasteiger partial charge in [0.05, 0.1) is 11.3 Å². The van der Waals surface area contributed by atoms with E-state index in [0.29, 0.717) is 23.5 Å². The molecule has 0 saturated carbocycles. The summed E-state index contributed by atoms with van der Waals surface area (Å²) in [6.45, 7) is 9.77. The Morgan fingerprint density at radius 1 is 1.17 bits per heavy atom. The fourth-order valence-corrected chi connectivity index (χ4v) is 2.77. The Hall–Kier alpha value is -2.43. The number of hydrogen-bond donors (Lipinski definition) is 0. The summed E-state index contributed by atoms with van der Waals surface area (Å²) < 4.78 is 1.63. The molecule has 0 aliphatic rings. The Balaban J connectivity index is 2.44. The number of likely N-dealkylation sites (N-methyl/N-ethyl adjacent to an activating group) is 1. The van der Waals surface area contributed by atoms with E-state index in [1.54, 1.807) is 25.6 Å². The Morgan fingerprint density at radius 3 is 2.35 bits per heavy atom. The van der Waals surface area contributed by atoms with E-state index in [9.17, 15) is 9.59 Å². The highest BCUT2D eigenvalue weighted by atomic mass is 16.2. The zero-order valence-electron chi connectivity index (χ0n) is 14.6. The number of nitrogens with zero attached hydrogens (tertiary/aromatic N) is 3. The Morgan fingerprint density at radius 2 is 1.83 bits per heavy atom. The van der Waals surface area contributed by atoms with Gasteiger partial charge in [-0.3, -0.25) is 14.3 Å². The van der Waals surface area contributed by atoms with Crippen molar-refractivity contribution in [3.8, 4) is 0 Å². The number of amides is 1. The highest BCUT2D eigenvalue weighted by molar-refractivity contribution is 6.47. The molecule has 0 bridgehead atoms. The lowest BCUT2D eigenvalue weighted by Crippen LogP contribution is -2.37. The lowest BCUT2D eigenvalue weighted by molar-refractivity contribution is -0.114. The molecule has 0 fully saturated rings. The van der Waals surface area contributed by atoms with E-state index >= 15 is 0 Å². The molecule has 0 N–H and O–H groups in total. The van der Waals surface area contributed by atoms with E-state index in [4.69, 9.17) is 0 Å². The molecule has 5 heteroatoms. The quantitative estimate of drug-likeness (QED) is 0.644. The fraction of sp³-hybridized carbons (Fsp3) is 0.389. The molecule has 0 aliphatic heterocycles. The number of anilines is 1. The van der Waals surface area contributed by atoms with Crippen LogP contribution in [0.25, 0.3) is 0 Å². The summed E-state index contributed by atoms with van der Waals surface area (Å²) in [4.78, 5) is 27.1. The van der Waals surface area contributed by atoms with Crippen molar-refractivity contribution in [3.63, 3.8) is 0 Å². The highest BCUT2D eigenvalue weighted by Gasteiger charge is 2.28. The van der Waals surface area contributed by atoms with E-state index < -0.39 is 11.7 Å². The number of Topliss-reactive ketones (excluding diaryl/α,β-unsaturated/α-hetero) is 1. The summed E-state index contributed by atoms with van der Waals surface area (Å²) in [5.41, 5.74) is 4.50. The van der Waals surface area contributed by atoms with Crippen LogP contribution in [0.5, 0.6) is 0 Å². The van der Waals surface area contributed by atoms with Crippen LogP contribution in [0, 0.1) is 27.7 Å². The van der Waals surface area contributed by atoms with Crippen molar-refractivity contribution in [1.82, 2.24) is 9.78 Å². The minimum absolute atomic E-state index is 0.404. The standard InChI is InChI=1S/C18H23N3O2/c1-7-21(15-10-11(2)8-9-12(15)3)18(23)17(22)16-13(4)19-20(6)14(16)5/h8-10H,7H2,1-6H3. The van der Waals surface area contributed by atoms with Crippen molar-refractivity contribution in [2.75, 3.05) is 11.4 Å². The molecule has 122 valence electrons. The number of ketones is 1. The first kappa shape index (κ1) is 16.9. The summed E-state index contributed by atoms with van der Waals surface area (Å²) in [5.74, 6) is -1.02.